The zero-order chi connectivity index (χ0) is 12.2. The van der Waals surface area contributed by atoms with Crippen molar-refractivity contribution in [2.45, 2.75) is 33.2 Å². The predicted octanol–water partition coefficient (Wildman–Crippen LogP) is 0.0538. The van der Waals surface area contributed by atoms with Crippen LogP contribution in [-0.2, 0) is 14.3 Å². The van der Waals surface area contributed by atoms with Gasteiger partial charge in [-0.1, -0.05) is 20.8 Å². The van der Waals surface area contributed by atoms with E-state index in [0.29, 0.717) is 26.2 Å². The SMILES string of the molecule is CC(C)(C)C(=O)NCCC(=O)NC1COC1. The molecule has 1 rings (SSSR count). The summed E-state index contributed by atoms with van der Waals surface area (Å²) in [6.45, 7) is 7.10. The van der Waals surface area contributed by atoms with Crippen molar-refractivity contribution in [3.8, 4) is 0 Å². The van der Waals surface area contributed by atoms with E-state index in [1.165, 1.54) is 0 Å². The summed E-state index contributed by atoms with van der Waals surface area (Å²) >= 11 is 0. The standard InChI is InChI=1S/C11H20N2O3/c1-11(2,3)10(15)12-5-4-9(14)13-8-6-16-7-8/h8H,4-7H2,1-3H3,(H,12,15)(H,13,14). The zero-order valence-corrected chi connectivity index (χ0v) is 10.1. The van der Waals surface area contributed by atoms with Gasteiger partial charge in [0, 0.05) is 18.4 Å². The van der Waals surface area contributed by atoms with Gasteiger partial charge >= 0.3 is 0 Å². The Labute approximate surface area is 95.9 Å². The molecule has 0 spiro atoms. The van der Waals surface area contributed by atoms with Crippen LogP contribution in [0.4, 0.5) is 0 Å². The first-order valence-corrected chi connectivity index (χ1v) is 5.55. The highest BCUT2D eigenvalue weighted by Gasteiger charge is 2.22. The molecule has 5 nitrogen and oxygen atoms in total. The molecule has 16 heavy (non-hydrogen) atoms. The van der Waals surface area contributed by atoms with Crippen molar-refractivity contribution in [1.82, 2.24) is 10.6 Å². The average Bonchev–Trinajstić information content (AvgIpc) is 2.09. The van der Waals surface area contributed by atoms with E-state index in [0.717, 1.165) is 0 Å². The fourth-order valence-electron chi connectivity index (χ4n) is 1.17. The van der Waals surface area contributed by atoms with Gasteiger partial charge in [0.25, 0.3) is 0 Å². The van der Waals surface area contributed by atoms with Crippen molar-refractivity contribution in [1.29, 1.82) is 0 Å². The Hall–Kier alpha value is -1.10. The molecular weight excluding hydrogens is 208 g/mol. The van der Waals surface area contributed by atoms with Gasteiger partial charge in [-0.3, -0.25) is 9.59 Å². The molecule has 0 aromatic rings. The maximum Gasteiger partial charge on any atom is 0.225 e. The molecule has 1 heterocycles. The molecule has 0 aliphatic carbocycles. The van der Waals surface area contributed by atoms with Gasteiger partial charge in [-0.2, -0.15) is 0 Å². The normalized spacial score (nSPS) is 16.4. The Morgan fingerprint density at radius 3 is 2.38 bits per heavy atom. The number of hydrogen-bond donors (Lipinski definition) is 2. The maximum absolute atomic E-state index is 11.5. The van der Waals surface area contributed by atoms with Gasteiger partial charge in [0.2, 0.25) is 11.8 Å². The summed E-state index contributed by atoms with van der Waals surface area (Å²) in [4.78, 5) is 22.8. The summed E-state index contributed by atoms with van der Waals surface area (Å²) in [6, 6.07) is 0.158. The largest absolute Gasteiger partial charge is 0.377 e. The number of ether oxygens (including phenoxy) is 1. The van der Waals surface area contributed by atoms with Crippen molar-refractivity contribution < 1.29 is 14.3 Å². The smallest absolute Gasteiger partial charge is 0.225 e. The molecule has 1 aliphatic rings. The third-order valence-electron chi connectivity index (χ3n) is 2.32. The van der Waals surface area contributed by atoms with Crippen molar-refractivity contribution in [2.75, 3.05) is 19.8 Å². The van der Waals surface area contributed by atoms with Gasteiger partial charge in [0.1, 0.15) is 0 Å². The van der Waals surface area contributed by atoms with E-state index in [9.17, 15) is 9.59 Å². The Kier molecular flexibility index (Phi) is 4.29. The van der Waals surface area contributed by atoms with Crippen LogP contribution in [0.15, 0.2) is 0 Å². The number of carbonyl (C=O) groups excluding carboxylic acids is 2. The molecule has 0 aromatic carbocycles. The van der Waals surface area contributed by atoms with Crippen molar-refractivity contribution >= 4 is 11.8 Å². The zero-order valence-electron chi connectivity index (χ0n) is 10.1. The topological polar surface area (TPSA) is 67.4 Å². The lowest BCUT2D eigenvalue weighted by molar-refractivity contribution is -0.129. The lowest BCUT2D eigenvalue weighted by Gasteiger charge is -2.26. The van der Waals surface area contributed by atoms with E-state index >= 15 is 0 Å². The molecule has 0 aromatic heterocycles. The van der Waals surface area contributed by atoms with E-state index < -0.39 is 5.41 Å². The van der Waals surface area contributed by atoms with Gasteiger partial charge in [-0.05, 0) is 0 Å². The number of nitrogens with one attached hydrogen (secondary N) is 2. The van der Waals surface area contributed by atoms with Crippen LogP contribution in [0.2, 0.25) is 0 Å². The summed E-state index contributed by atoms with van der Waals surface area (Å²) in [7, 11) is 0. The molecular formula is C11H20N2O3. The minimum Gasteiger partial charge on any atom is -0.377 e. The van der Waals surface area contributed by atoms with E-state index in [2.05, 4.69) is 10.6 Å². The number of rotatable bonds is 4. The Morgan fingerprint density at radius 1 is 1.31 bits per heavy atom. The second kappa shape index (κ2) is 5.30. The van der Waals surface area contributed by atoms with Gasteiger partial charge in [0.05, 0.1) is 19.3 Å². The first-order valence-electron chi connectivity index (χ1n) is 5.55. The molecule has 0 bridgehead atoms. The van der Waals surface area contributed by atoms with Crippen LogP contribution in [0, 0.1) is 5.41 Å². The fraction of sp³-hybridized carbons (Fsp3) is 0.818. The second-order valence-corrected chi connectivity index (χ2v) is 5.06. The van der Waals surface area contributed by atoms with Crippen molar-refractivity contribution in [2.24, 2.45) is 5.41 Å². The summed E-state index contributed by atoms with van der Waals surface area (Å²) in [5.74, 6) is -0.0743. The lowest BCUT2D eigenvalue weighted by Crippen LogP contribution is -2.49. The molecule has 1 saturated heterocycles. The summed E-state index contributed by atoms with van der Waals surface area (Å²) in [5.41, 5.74) is -0.404. The molecule has 0 radical (unpaired) electrons. The second-order valence-electron chi connectivity index (χ2n) is 5.06. The third-order valence-corrected chi connectivity index (χ3v) is 2.32. The molecule has 2 amide bonds. The van der Waals surface area contributed by atoms with E-state index in [-0.39, 0.29) is 17.9 Å². The average molecular weight is 228 g/mol. The predicted molar refractivity (Wildman–Crippen MR) is 59.8 cm³/mol. The molecule has 2 N–H and O–H groups in total. The van der Waals surface area contributed by atoms with E-state index in [1.807, 2.05) is 20.8 Å². The summed E-state index contributed by atoms with van der Waals surface area (Å²) in [6.07, 6.45) is 0.318. The lowest BCUT2D eigenvalue weighted by atomic mass is 9.96. The molecule has 5 heteroatoms. The van der Waals surface area contributed by atoms with Gasteiger partial charge in [-0.25, -0.2) is 0 Å². The number of amides is 2. The molecule has 92 valence electrons. The first kappa shape index (κ1) is 13.0. The number of hydrogen-bond acceptors (Lipinski definition) is 3. The Morgan fingerprint density at radius 2 is 1.94 bits per heavy atom. The highest BCUT2D eigenvalue weighted by Crippen LogP contribution is 2.12. The molecule has 0 saturated carbocycles. The molecule has 0 atom stereocenters. The van der Waals surface area contributed by atoms with Crippen molar-refractivity contribution in [3.05, 3.63) is 0 Å². The highest BCUT2D eigenvalue weighted by molar-refractivity contribution is 5.82. The van der Waals surface area contributed by atoms with E-state index in [1.54, 1.807) is 0 Å². The van der Waals surface area contributed by atoms with Gasteiger partial charge < -0.3 is 15.4 Å². The maximum atomic E-state index is 11.5. The highest BCUT2D eigenvalue weighted by atomic mass is 16.5. The molecule has 0 unspecified atom stereocenters. The summed E-state index contributed by atoms with van der Waals surface area (Å²) < 4.78 is 4.94. The van der Waals surface area contributed by atoms with E-state index in [4.69, 9.17) is 4.74 Å². The summed E-state index contributed by atoms with van der Waals surface area (Å²) in [5, 5.41) is 5.55. The third kappa shape index (κ3) is 4.18. The van der Waals surface area contributed by atoms with Crippen LogP contribution < -0.4 is 10.6 Å². The quantitative estimate of drug-likeness (QED) is 0.714. The minimum absolute atomic E-state index is 0.0349. The minimum atomic E-state index is -0.404. The first-order chi connectivity index (χ1) is 7.39. The van der Waals surface area contributed by atoms with Crippen LogP contribution in [0.25, 0.3) is 0 Å². The van der Waals surface area contributed by atoms with Gasteiger partial charge in [0.15, 0.2) is 0 Å². The monoisotopic (exact) mass is 228 g/mol. The van der Waals surface area contributed by atoms with Crippen LogP contribution in [-0.4, -0.2) is 37.6 Å². The molecule has 1 fully saturated rings. The van der Waals surface area contributed by atoms with Crippen LogP contribution in [0.1, 0.15) is 27.2 Å². The van der Waals surface area contributed by atoms with Crippen LogP contribution in [0.3, 0.4) is 0 Å². The number of carbonyl (C=O) groups is 2. The Bertz CT molecular complexity index is 267. The Balaban J connectivity index is 2.10. The molecule has 1 aliphatic heterocycles. The van der Waals surface area contributed by atoms with Crippen molar-refractivity contribution in [3.63, 3.8) is 0 Å². The van der Waals surface area contributed by atoms with Crippen LogP contribution >= 0.6 is 0 Å². The fourth-order valence-corrected chi connectivity index (χ4v) is 1.17. The van der Waals surface area contributed by atoms with Gasteiger partial charge in [-0.15, -0.1) is 0 Å². The van der Waals surface area contributed by atoms with Crippen LogP contribution in [0.5, 0.6) is 0 Å².